The first-order valence-corrected chi connectivity index (χ1v) is 8.66. The average Bonchev–Trinajstić information content (AvgIpc) is 2.64. The van der Waals surface area contributed by atoms with E-state index in [0.717, 1.165) is 15.2 Å². The molecule has 0 amide bonds. The van der Waals surface area contributed by atoms with Crippen LogP contribution in [-0.2, 0) is 0 Å². The average molecular weight is 358 g/mol. The van der Waals surface area contributed by atoms with Crippen molar-refractivity contribution in [3.8, 4) is 0 Å². The second-order valence-electron chi connectivity index (χ2n) is 4.29. The van der Waals surface area contributed by atoms with Crippen LogP contribution in [0.25, 0.3) is 0 Å². The number of hydrogen-bond donors (Lipinski definition) is 0. The molecule has 4 heteroatoms. The molecule has 0 aliphatic carbocycles. The monoisotopic (exact) mass is 356 g/mol. The molecule has 1 heterocycles. The topological polar surface area (TPSA) is 0 Å². The van der Waals surface area contributed by atoms with E-state index in [4.69, 9.17) is 23.2 Å². The molecular formula is C13H19BrCl2S. The number of rotatable bonds is 8. The van der Waals surface area contributed by atoms with Gasteiger partial charge in [-0.05, 0) is 28.4 Å². The molecule has 0 aliphatic rings. The lowest BCUT2D eigenvalue weighted by molar-refractivity contribution is 0.586. The number of alkyl halides is 1. The minimum absolute atomic E-state index is 0.120. The van der Waals surface area contributed by atoms with E-state index < -0.39 is 0 Å². The number of thiophene rings is 1. The van der Waals surface area contributed by atoms with Gasteiger partial charge in [0, 0.05) is 9.35 Å². The van der Waals surface area contributed by atoms with Crippen molar-refractivity contribution in [1.29, 1.82) is 0 Å². The van der Waals surface area contributed by atoms with Gasteiger partial charge in [-0.2, -0.15) is 0 Å². The SMILES string of the molecule is CCCCCCCCC(Cl)c1cc(Br)c(Cl)s1. The minimum Gasteiger partial charge on any atom is -0.126 e. The Kier molecular flexibility index (Phi) is 8.18. The number of unbranched alkanes of at least 4 members (excludes halogenated alkanes) is 5. The Bertz CT molecular complexity index is 306. The van der Waals surface area contributed by atoms with E-state index >= 15 is 0 Å². The Morgan fingerprint density at radius 1 is 1.24 bits per heavy atom. The third-order valence-corrected chi connectivity index (χ3v) is 5.96. The maximum atomic E-state index is 6.36. The van der Waals surface area contributed by atoms with Crippen LogP contribution in [0.3, 0.4) is 0 Å². The van der Waals surface area contributed by atoms with Crippen molar-refractivity contribution in [2.45, 2.75) is 57.2 Å². The summed E-state index contributed by atoms with van der Waals surface area (Å²) in [5.74, 6) is 0. The first kappa shape index (κ1) is 15.8. The third kappa shape index (κ3) is 5.96. The Morgan fingerprint density at radius 3 is 2.47 bits per heavy atom. The number of halogens is 3. The van der Waals surface area contributed by atoms with Gasteiger partial charge >= 0.3 is 0 Å². The summed E-state index contributed by atoms with van der Waals surface area (Å²) in [4.78, 5) is 1.18. The fourth-order valence-corrected chi connectivity index (χ4v) is 3.86. The van der Waals surface area contributed by atoms with Crippen LogP contribution < -0.4 is 0 Å². The molecule has 1 atom stereocenters. The van der Waals surface area contributed by atoms with Crippen molar-refractivity contribution in [2.75, 3.05) is 0 Å². The summed E-state index contributed by atoms with van der Waals surface area (Å²) in [6.07, 6.45) is 8.93. The van der Waals surface area contributed by atoms with Crippen molar-refractivity contribution in [2.24, 2.45) is 0 Å². The van der Waals surface area contributed by atoms with Gasteiger partial charge in [-0.1, -0.05) is 57.0 Å². The fourth-order valence-electron chi connectivity index (χ4n) is 1.76. The van der Waals surface area contributed by atoms with Crippen LogP contribution in [0.15, 0.2) is 10.5 Å². The minimum atomic E-state index is 0.120. The smallest absolute Gasteiger partial charge is 0.107 e. The van der Waals surface area contributed by atoms with Crippen LogP contribution in [0.5, 0.6) is 0 Å². The molecule has 1 aromatic heterocycles. The van der Waals surface area contributed by atoms with Crippen LogP contribution in [0, 0.1) is 0 Å². The lowest BCUT2D eigenvalue weighted by atomic mass is 10.1. The predicted molar refractivity (Wildman–Crippen MR) is 83.6 cm³/mol. The summed E-state index contributed by atoms with van der Waals surface area (Å²) in [7, 11) is 0. The van der Waals surface area contributed by atoms with Crippen molar-refractivity contribution in [3.05, 3.63) is 19.8 Å². The maximum Gasteiger partial charge on any atom is 0.107 e. The molecule has 98 valence electrons. The second-order valence-corrected chi connectivity index (χ2v) is 7.36. The summed E-state index contributed by atoms with van der Waals surface area (Å²) in [6.45, 7) is 2.24. The normalized spacial score (nSPS) is 12.9. The summed E-state index contributed by atoms with van der Waals surface area (Å²) in [5, 5.41) is 0.120. The Hall–Kier alpha value is 0.760. The van der Waals surface area contributed by atoms with Gasteiger partial charge in [0.05, 0.1) is 5.38 Å². The molecule has 0 saturated heterocycles. The molecule has 0 saturated carbocycles. The second kappa shape index (κ2) is 8.79. The summed E-state index contributed by atoms with van der Waals surface area (Å²) >= 11 is 17.4. The molecule has 0 spiro atoms. The molecule has 17 heavy (non-hydrogen) atoms. The van der Waals surface area contributed by atoms with Crippen LogP contribution in [0.4, 0.5) is 0 Å². The van der Waals surface area contributed by atoms with E-state index in [1.54, 1.807) is 11.3 Å². The van der Waals surface area contributed by atoms with Crippen molar-refractivity contribution >= 4 is 50.5 Å². The highest BCUT2D eigenvalue weighted by Crippen LogP contribution is 2.39. The van der Waals surface area contributed by atoms with Crippen molar-refractivity contribution in [3.63, 3.8) is 0 Å². The summed E-state index contributed by atoms with van der Waals surface area (Å²) in [6, 6.07) is 2.04. The van der Waals surface area contributed by atoms with E-state index in [1.165, 1.54) is 43.4 Å². The standard InChI is InChI=1S/C13H19BrCl2S/c1-2-3-4-5-6-7-8-11(15)12-9-10(14)13(16)17-12/h9,11H,2-8H2,1H3. The van der Waals surface area contributed by atoms with E-state index in [1.807, 2.05) is 6.07 Å². The highest BCUT2D eigenvalue weighted by molar-refractivity contribution is 9.10. The van der Waals surface area contributed by atoms with Crippen LogP contribution in [0.2, 0.25) is 4.34 Å². The maximum absolute atomic E-state index is 6.36. The molecule has 0 fully saturated rings. The van der Waals surface area contributed by atoms with Gasteiger partial charge in [0.1, 0.15) is 4.34 Å². The molecule has 1 unspecified atom stereocenters. The van der Waals surface area contributed by atoms with E-state index in [0.29, 0.717) is 0 Å². The summed E-state index contributed by atoms with van der Waals surface area (Å²) < 4.78 is 1.77. The van der Waals surface area contributed by atoms with Crippen LogP contribution in [-0.4, -0.2) is 0 Å². The zero-order chi connectivity index (χ0) is 12.7. The molecule has 1 rings (SSSR count). The molecule has 0 radical (unpaired) electrons. The lowest BCUT2D eigenvalue weighted by Crippen LogP contribution is -1.87. The molecule has 1 aromatic rings. The molecule has 0 N–H and O–H groups in total. The highest BCUT2D eigenvalue weighted by Gasteiger charge is 2.12. The predicted octanol–water partition coefficient (Wildman–Crippen LogP) is 7.19. The highest BCUT2D eigenvalue weighted by atomic mass is 79.9. The van der Waals surface area contributed by atoms with Crippen molar-refractivity contribution in [1.82, 2.24) is 0 Å². The third-order valence-electron chi connectivity index (χ3n) is 2.78. The Balaban J connectivity index is 2.19. The van der Waals surface area contributed by atoms with E-state index in [-0.39, 0.29) is 5.38 Å². The zero-order valence-electron chi connectivity index (χ0n) is 10.1. The van der Waals surface area contributed by atoms with Gasteiger partial charge in [-0.3, -0.25) is 0 Å². The molecule has 0 aliphatic heterocycles. The van der Waals surface area contributed by atoms with Gasteiger partial charge in [-0.15, -0.1) is 22.9 Å². The summed E-state index contributed by atoms with van der Waals surface area (Å²) in [5.41, 5.74) is 0. The van der Waals surface area contributed by atoms with E-state index in [2.05, 4.69) is 22.9 Å². The molecule has 0 bridgehead atoms. The lowest BCUT2D eigenvalue weighted by Gasteiger charge is -2.06. The van der Waals surface area contributed by atoms with Gasteiger partial charge in [0.2, 0.25) is 0 Å². The van der Waals surface area contributed by atoms with E-state index in [9.17, 15) is 0 Å². The first-order valence-electron chi connectivity index (χ1n) is 6.24. The fraction of sp³-hybridized carbons (Fsp3) is 0.692. The van der Waals surface area contributed by atoms with Gasteiger partial charge in [0.25, 0.3) is 0 Å². The van der Waals surface area contributed by atoms with Gasteiger partial charge < -0.3 is 0 Å². The first-order chi connectivity index (χ1) is 8.15. The molecular weight excluding hydrogens is 339 g/mol. The quantitative estimate of drug-likeness (QED) is 0.341. The molecule has 0 nitrogen and oxygen atoms in total. The molecule has 0 aromatic carbocycles. The largest absolute Gasteiger partial charge is 0.126 e. The Morgan fingerprint density at radius 2 is 1.88 bits per heavy atom. The van der Waals surface area contributed by atoms with Gasteiger partial charge in [0.15, 0.2) is 0 Å². The van der Waals surface area contributed by atoms with Crippen LogP contribution in [0.1, 0.15) is 62.1 Å². The zero-order valence-corrected chi connectivity index (χ0v) is 14.1. The Labute approximate surface area is 127 Å². The van der Waals surface area contributed by atoms with Crippen LogP contribution >= 0.6 is 50.5 Å². The number of hydrogen-bond acceptors (Lipinski definition) is 1. The van der Waals surface area contributed by atoms with Gasteiger partial charge in [-0.25, -0.2) is 0 Å². The van der Waals surface area contributed by atoms with Crippen molar-refractivity contribution < 1.29 is 0 Å².